The lowest BCUT2D eigenvalue weighted by Crippen LogP contribution is -2.57. The Morgan fingerprint density at radius 3 is 2.73 bits per heavy atom. The number of likely N-dealkylation sites (tertiary alicyclic amines) is 1. The van der Waals surface area contributed by atoms with Crippen molar-refractivity contribution in [3.05, 3.63) is 59.2 Å². The topological polar surface area (TPSA) is 94.5 Å². The van der Waals surface area contributed by atoms with E-state index in [2.05, 4.69) is 16.7 Å². The summed E-state index contributed by atoms with van der Waals surface area (Å²) < 4.78 is 5.78. The predicted molar refractivity (Wildman–Crippen MR) is 93.8 cm³/mol. The van der Waals surface area contributed by atoms with Crippen LogP contribution < -0.4 is 15.4 Å². The van der Waals surface area contributed by atoms with Crippen molar-refractivity contribution < 1.29 is 14.3 Å². The van der Waals surface area contributed by atoms with Gasteiger partial charge in [0.1, 0.15) is 11.9 Å². The molecule has 0 aromatic heterocycles. The van der Waals surface area contributed by atoms with Crippen LogP contribution in [0.15, 0.2) is 42.5 Å². The van der Waals surface area contributed by atoms with Gasteiger partial charge in [-0.15, -0.1) is 0 Å². The number of amides is 3. The Morgan fingerprint density at radius 2 is 2.00 bits per heavy atom. The molecule has 2 aliphatic rings. The van der Waals surface area contributed by atoms with Gasteiger partial charge < -0.3 is 20.3 Å². The van der Waals surface area contributed by atoms with E-state index < -0.39 is 0 Å². The maximum atomic E-state index is 12.4. The van der Waals surface area contributed by atoms with Crippen molar-refractivity contribution in [2.75, 3.05) is 18.4 Å². The Hall–Kier alpha value is -3.53. The molecule has 26 heavy (non-hydrogen) atoms. The first-order chi connectivity index (χ1) is 12.6. The van der Waals surface area contributed by atoms with E-state index in [1.54, 1.807) is 47.4 Å². The highest BCUT2D eigenvalue weighted by molar-refractivity contribution is 6.01. The molecule has 0 unspecified atom stereocenters. The number of benzene rings is 2. The van der Waals surface area contributed by atoms with Crippen molar-refractivity contribution in [1.29, 1.82) is 5.26 Å². The number of fused-ring (bicyclic) bond motifs is 1. The molecule has 0 saturated carbocycles. The zero-order valence-corrected chi connectivity index (χ0v) is 13.9. The van der Waals surface area contributed by atoms with Gasteiger partial charge in [-0.3, -0.25) is 4.79 Å². The van der Waals surface area contributed by atoms with E-state index in [0.717, 1.165) is 5.56 Å². The molecule has 7 heteroatoms. The van der Waals surface area contributed by atoms with E-state index in [9.17, 15) is 9.59 Å². The van der Waals surface area contributed by atoms with Crippen LogP contribution in [0, 0.1) is 11.3 Å². The van der Waals surface area contributed by atoms with E-state index in [4.69, 9.17) is 10.00 Å². The Balaban J connectivity index is 1.33. The monoisotopic (exact) mass is 348 g/mol. The molecule has 3 amide bonds. The molecule has 0 atom stereocenters. The zero-order chi connectivity index (χ0) is 18.1. The molecule has 1 fully saturated rings. The molecule has 2 N–H and O–H groups in total. The number of urea groups is 1. The summed E-state index contributed by atoms with van der Waals surface area (Å²) in [7, 11) is 0. The van der Waals surface area contributed by atoms with Crippen LogP contribution in [0.3, 0.4) is 0 Å². The Morgan fingerprint density at radius 1 is 1.23 bits per heavy atom. The largest absolute Gasteiger partial charge is 0.487 e. The van der Waals surface area contributed by atoms with Crippen LogP contribution in [-0.4, -0.2) is 36.0 Å². The minimum Gasteiger partial charge on any atom is -0.487 e. The van der Waals surface area contributed by atoms with Crippen LogP contribution in [0.25, 0.3) is 0 Å². The standard InChI is InChI=1S/C19H16N4O3/c20-8-12-4-6-13(7-5-12)26-14-10-23(11-14)19(25)22-17-3-1-2-15-16(17)9-21-18(15)24/h1-7,14H,9-11H2,(H,21,24)(H,22,25). The lowest BCUT2D eigenvalue weighted by Gasteiger charge is -2.38. The molecule has 4 rings (SSSR count). The van der Waals surface area contributed by atoms with Crippen molar-refractivity contribution >= 4 is 17.6 Å². The van der Waals surface area contributed by atoms with Crippen LogP contribution in [0.2, 0.25) is 0 Å². The zero-order valence-electron chi connectivity index (χ0n) is 13.9. The smallest absolute Gasteiger partial charge is 0.322 e. The number of nitriles is 1. The van der Waals surface area contributed by atoms with E-state index >= 15 is 0 Å². The maximum Gasteiger partial charge on any atom is 0.322 e. The van der Waals surface area contributed by atoms with Gasteiger partial charge in [0, 0.05) is 23.4 Å². The summed E-state index contributed by atoms with van der Waals surface area (Å²) in [6, 6.07) is 14.0. The second-order valence-electron chi connectivity index (χ2n) is 6.23. The SMILES string of the molecule is N#Cc1ccc(OC2CN(C(=O)Nc3cccc4c3CNC4=O)C2)cc1. The molecular formula is C19H16N4O3. The second-order valence-corrected chi connectivity index (χ2v) is 6.23. The summed E-state index contributed by atoms with van der Waals surface area (Å²) in [5, 5.41) is 14.4. The fourth-order valence-corrected chi connectivity index (χ4v) is 3.04. The fraction of sp³-hybridized carbons (Fsp3) is 0.211. The van der Waals surface area contributed by atoms with Crippen LogP contribution in [0.5, 0.6) is 5.75 Å². The van der Waals surface area contributed by atoms with Crippen LogP contribution >= 0.6 is 0 Å². The number of hydrogen-bond acceptors (Lipinski definition) is 4. The van der Waals surface area contributed by atoms with Crippen LogP contribution in [0.4, 0.5) is 10.5 Å². The molecule has 0 aliphatic carbocycles. The summed E-state index contributed by atoms with van der Waals surface area (Å²) in [4.78, 5) is 25.7. The number of nitrogens with zero attached hydrogens (tertiary/aromatic N) is 2. The quantitative estimate of drug-likeness (QED) is 0.888. The highest BCUT2D eigenvalue weighted by Gasteiger charge is 2.33. The molecule has 2 aromatic rings. The number of anilines is 1. The van der Waals surface area contributed by atoms with Crippen molar-refractivity contribution in [2.24, 2.45) is 0 Å². The summed E-state index contributed by atoms with van der Waals surface area (Å²) in [5.41, 5.74) is 2.66. The summed E-state index contributed by atoms with van der Waals surface area (Å²) in [6.07, 6.45) is -0.0709. The molecule has 2 heterocycles. The van der Waals surface area contributed by atoms with Crippen molar-refractivity contribution in [3.8, 4) is 11.8 Å². The Labute approximate surface area is 150 Å². The number of ether oxygens (including phenoxy) is 1. The lowest BCUT2D eigenvalue weighted by atomic mass is 10.1. The molecule has 0 spiro atoms. The average Bonchev–Trinajstić information content (AvgIpc) is 3.00. The van der Waals surface area contributed by atoms with Crippen molar-refractivity contribution in [1.82, 2.24) is 10.2 Å². The predicted octanol–water partition coefficient (Wildman–Crippen LogP) is 2.10. The third-order valence-corrected chi connectivity index (χ3v) is 4.51. The minimum absolute atomic E-state index is 0.0709. The summed E-state index contributed by atoms with van der Waals surface area (Å²) in [5.74, 6) is 0.565. The van der Waals surface area contributed by atoms with Gasteiger partial charge >= 0.3 is 6.03 Å². The number of rotatable bonds is 3. The molecule has 7 nitrogen and oxygen atoms in total. The van der Waals surface area contributed by atoms with Gasteiger partial charge in [-0.2, -0.15) is 5.26 Å². The van der Waals surface area contributed by atoms with Gasteiger partial charge in [0.25, 0.3) is 5.91 Å². The Bertz CT molecular complexity index is 911. The van der Waals surface area contributed by atoms with Crippen LogP contribution in [-0.2, 0) is 6.54 Å². The molecule has 0 radical (unpaired) electrons. The first-order valence-corrected chi connectivity index (χ1v) is 8.27. The van der Waals surface area contributed by atoms with Gasteiger partial charge in [0.15, 0.2) is 0 Å². The van der Waals surface area contributed by atoms with Gasteiger partial charge in [-0.1, -0.05) is 6.07 Å². The van der Waals surface area contributed by atoms with E-state index in [0.29, 0.717) is 42.2 Å². The van der Waals surface area contributed by atoms with E-state index in [1.165, 1.54) is 0 Å². The highest BCUT2D eigenvalue weighted by atomic mass is 16.5. The number of hydrogen-bond donors (Lipinski definition) is 2. The van der Waals surface area contributed by atoms with E-state index in [-0.39, 0.29) is 18.0 Å². The molecule has 2 aromatic carbocycles. The number of carbonyl (C=O) groups excluding carboxylic acids is 2. The number of nitrogens with one attached hydrogen (secondary N) is 2. The molecular weight excluding hydrogens is 332 g/mol. The lowest BCUT2D eigenvalue weighted by molar-refractivity contribution is 0.0493. The highest BCUT2D eigenvalue weighted by Crippen LogP contribution is 2.25. The van der Waals surface area contributed by atoms with E-state index in [1.807, 2.05) is 0 Å². The first kappa shape index (κ1) is 16.0. The van der Waals surface area contributed by atoms with Crippen LogP contribution in [0.1, 0.15) is 21.5 Å². The fourth-order valence-electron chi connectivity index (χ4n) is 3.04. The van der Waals surface area contributed by atoms with Gasteiger partial charge in [0.2, 0.25) is 0 Å². The minimum atomic E-state index is -0.211. The van der Waals surface area contributed by atoms with Crippen molar-refractivity contribution in [2.45, 2.75) is 12.6 Å². The second kappa shape index (κ2) is 6.41. The van der Waals surface area contributed by atoms with Gasteiger partial charge in [-0.25, -0.2) is 4.79 Å². The molecule has 130 valence electrons. The van der Waals surface area contributed by atoms with Crippen molar-refractivity contribution in [3.63, 3.8) is 0 Å². The third-order valence-electron chi connectivity index (χ3n) is 4.51. The summed E-state index contributed by atoms with van der Waals surface area (Å²) >= 11 is 0. The average molecular weight is 348 g/mol. The maximum absolute atomic E-state index is 12.4. The molecule has 1 saturated heterocycles. The number of carbonyl (C=O) groups is 2. The third kappa shape index (κ3) is 2.93. The Kier molecular flexibility index (Phi) is 3.93. The molecule has 2 aliphatic heterocycles. The van der Waals surface area contributed by atoms with Gasteiger partial charge in [0.05, 0.1) is 24.7 Å². The summed E-state index contributed by atoms with van der Waals surface area (Å²) in [6.45, 7) is 1.39. The van der Waals surface area contributed by atoms with Gasteiger partial charge in [-0.05, 0) is 36.4 Å². The normalized spacial score (nSPS) is 15.5. The first-order valence-electron chi connectivity index (χ1n) is 8.27. The molecule has 0 bridgehead atoms.